The fourth-order valence-electron chi connectivity index (χ4n) is 2.06. The van der Waals surface area contributed by atoms with Crippen LogP contribution in [-0.2, 0) is 0 Å². The molecule has 0 atom stereocenters. The van der Waals surface area contributed by atoms with Gasteiger partial charge in [-0.15, -0.1) is 0 Å². The molecule has 0 aliphatic carbocycles. The second kappa shape index (κ2) is 5.09. The number of hydrogen-bond acceptors (Lipinski definition) is 3. The molecule has 0 radical (unpaired) electrons. The molecular formula is C15H11BrFN3. The molecular weight excluding hydrogens is 321 g/mol. The van der Waals surface area contributed by atoms with Crippen molar-refractivity contribution >= 4 is 43.9 Å². The Morgan fingerprint density at radius 2 is 1.90 bits per heavy atom. The number of anilines is 3. The van der Waals surface area contributed by atoms with Gasteiger partial charge in [0.05, 0.1) is 16.9 Å². The maximum atomic E-state index is 13.9. The summed E-state index contributed by atoms with van der Waals surface area (Å²) >= 11 is 3.34. The molecule has 1 heterocycles. The number of benzene rings is 2. The van der Waals surface area contributed by atoms with Crippen molar-refractivity contribution in [2.24, 2.45) is 0 Å². The van der Waals surface area contributed by atoms with E-state index in [2.05, 4.69) is 26.2 Å². The molecule has 3 rings (SSSR count). The summed E-state index contributed by atoms with van der Waals surface area (Å²) in [5.41, 5.74) is 8.35. The number of nitrogens with zero attached hydrogens (tertiary/aromatic N) is 1. The van der Waals surface area contributed by atoms with Crippen molar-refractivity contribution in [3.05, 3.63) is 59.0 Å². The number of para-hydroxylation sites is 2. The van der Waals surface area contributed by atoms with Gasteiger partial charge >= 0.3 is 0 Å². The van der Waals surface area contributed by atoms with Crippen LogP contribution in [0.3, 0.4) is 0 Å². The molecule has 3 aromatic rings. The summed E-state index contributed by atoms with van der Waals surface area (Å²) in [5, 5.41) is 3.94. The highest BCUT2D eigenvalue weighted by Gasteiger charge is 2.09. The largest absolute Gasteiger partial charge is 0.397 e. The van der Waals surface area contributed by atoms with Crippen molar-refractivity contribution in [3.63, 3.8) is 0 Å². The van der Waals surface area contributed by atoms with Crippen molar-refractivity contribution in [1.29, 1.82) is 0 Å². The van der Waals surface area contributed by atoms with Crippen molar-refractivity contribution in [2.45, 2.75) is 0 Å². The Hall–Kier alpha value is -2.14. The van der Waals surface area contributed by atoms with Gasteiger partial charge in [0, 0.05) is 21.7 Å². The average Bonchev–Trinajstić information content (AvgIpc) is 2.44. The number of nitrogen functional groups attached to an aromatic ring is 1. The van der Waals surface area contributed by atoms with Crippen LogP contribution in [0, 0.1) is 5.82 Å². The molecule has 0 aliphatic heterocycles. The van der Waals surface area contributed by atoms with Crippen LogP contribution in [0.1, 0.15) is 0 Å². The summed E-state index contributed by atoms with van der Waals surface area (Å²) < 4.78 is 14.5. The van der Waals surface area contributed by atoms with Gasteiger partial charge in [0.25, 0.3) is 0 Å². The third kappa shape index (κ3) is 2.20. The average molecular weight is 332 g/mol. The summed E-state index contributed by atoms with van der Waals surface area (Å²) in [6, 6.07) is 12.2. The van der Waals surface area contributed by atoms with Crippen molar-refractivity contribution < 1.29 is 4.39 Å². The van der Waals surface area contributed by atoms with E-state index in [0.717, 1.165) is 11.1 Å². The molecule has 5 heteroatoms. The first-order chi connectivity index (χ1) is 9.66. The van der Waals surface area contributed by atoms with Gasteiger partial charge in [-0.3, -0.25) is 4.98 Å². The molecule has 0 aliphatic rings. The number of rotatable bonds is 2. The number of aromatic nitrogens is 1. The lowest BCUT2D eigenvalue weighted by molar-refractivity contribution is 0.631. The highest BCUT2D eigenvalue weighted by molar-refractivity contribution is 9.10. The number of fused-ring (bicyclic) bond motifs is 1. The van der Waals surface area contributed by atoms with Crippen molar-refractivity contribution in [1.82, 2.24) is 4.98 Å². The number of halogens is 2. The van der Waals surface area contributed by atoms with Crippen LogP contribution in [0.2, 0.25) is 0 Å². The SMILES string of the molecule is Nc1cccc2c(Nc3c(F)cccc3Br)ccnc12. The number of nitrogens with two attached hydrogens (primary N) is 1. The molecule has 0 amide bonds. The first-order valence-electron chi connectivity index (χ1n) is 6.01. The predicted molar refractivity (Wildman–Crippen MR) is 83.5 cm³/mol. The Morgan fingerprint density at radius 3 is 2.70 bits per heavy atom. The second-order valence-corrected chi connectivity index (χ2v) is 5.18. The van der Waals surface area contributed by atoms with E-state index < -0.39 is 0 Å². The zero-order valence-electron chi connectivity index (χ0n) is 10.4. The van der Waals surface area contributed by atoms with Gasteiger partial charge in [-0.2, -0.15) is 0 Å². The lowest BCUT2D eigenvalue weighted by Crippen LogP contribution is -1.97. The summed E-state index contributed by atoms with van der Waals surface area (Å²) in [7, 11) is 0. The minimum Gasteiger partial charge on any atom is -0.397 e. The van der Waals surface area contributed by atoms with E-state index in [9.17, 15) is 4.39 Å². The topological polar surface area (TPSA) is 50.9 Å². The highest BCUT2D eigenvalue weighted by Crippen LogP contribution is 2.32. The fourth-order valence-corrected chi connectivity index (χ4v) is 2.50. The number of nitrogens with one attached hydrogen (secondary N) is 1. The third-order valence-corrected chi connectivity index (χ3v) is 3.69. The monoisotopic (exact) mass is 331 g/mol. The van der Waals surface area contributed by atoms with Crippen LogP contribution >= 0.6 is 15.9 Å². The summed E-state index contributed by atoms with van der Waals surface area (Å²) in [6.45, 7) is 0. The second-order valence-electron chi connectivity index (χ2n) is 4.32. The number of pyridine rings is 1. The fraction of sp³-hybridized carbons (Fsp3) is 0. The lowest BCUT2D eigenvalue weighted by atomic mass is 10.1. The summed E-state index contributed by atoms with van der Waals surface area (Å²) in [4.78, 5) is 4.26. The molecule has 3 nitrogen and oxygen atoms in total. The van der Waals surface area contributed by atoms with Gasteiger partial charge in [0.1, 0.15) is 5.82 Å². The molecule has 0 bridgehead atoms. The van der Waals surface area contributed by atoms with Gasteiger partial charge in [-0.25, -0.2) is 4.39 Å². The Bertz CT molecular complexity index is 769. The Labute approximate surface area is 123 Å². The zero-order chi connectivity index (χ0) is 14.1. The first-order valence-corrected chi connectivity index (χ1v) is 6.80. The zero-order valence-corrected chi connectivity index (χ0v) is 12.0. The molecule has 2 aromatic carbocycles. The van der Waals surface area contributed by atoms with Crippen LogP contribution in [0.25, 0.3) is 10.9 Å². The normalized spacial score (nSPS) is 10.7. The molecule has 1 aromatic heterocycles. The van der Waals surface area contributed by atoms with E-state index >= 15 is 0 Å². The smallest absolute Gasteiger partial charge is 0.147 e. The summed E-state index contributed by atoms with van der Waals surface area (Å²) in [5.74, 6) is -0.326. The third-order valence-electron chi connectivity index (χ3n) is 3.02. The van der Waals surface area contributed by atoms with Crippen LogP contribution < -0.4 is 11.1 Å². The lowest BCUT2D eigenvalue weighted by Gasteiger charge is -2.12. The standard InChI is InChI=1S/C15H11BrFN3/c16-10-4-2-5-11(17)15(10)20-13-7-8-19-14-9(13)3-1-6-12(14)18/h1-8H,18H2,(H,19,20). The molecule has 0 saturated heterocycles. The maximum Gasteiger partial charge on any atom is 0.147 e. The van der Waals surface area contributed by atoms with E-state index in [1.807, 2.05) is 12.1 Å². The quantitative estimate of drug-likeness (QED) is 0.681. The molecule has 3 N–H and O–H groups in total. The van der Waals surface area contributed by atoms with E-state index in [1.54, 1.807) is 30.5 Å². The highest BCUT2D eigenvalue weighted by atomic mass is 79.9. The van der Waals surface area contributed by atoms with Crippen molar-refractivity contribution in [2.75, 3.05) is 11.1 Å². The number of hydrogen-bond donors (Lipinski definition) is 2. The minimum absolute atomic E-state index is 0.326. The molecule has 0 unspecified atom stereocenters. The summed E-state index contributed by atoms with van der Waals surface area (Å²) in [6.07, 6.45) is 1.65. The van der Waals surface area contributed by atoms with Gasteiger partial charge in [0.2, 0.25) is 0 Å². The Balaban J connectivity index is 2.14. The van der Waals surface area contributed by atoms with E-state index in [4.69, 9.17) is 5.73 Å². The van der Waals surface area contributed by atoms with Crippen LogP contribution in [0.15, 0.2) is 53.1 Å². The van der Waals surface area contributed by atoms with E-state index in [1.165, 1.54) is 6.07 Å². The maximum absolute atomic E-state index is 13.9. The molecule has 0 fully saturated rings. The molecule has 20 heavy (non-hydrogen) atoms. The Morgan fingerprint density at radius 1 is 1.10 bits per heavy atom. The van der Waals surface area contributed by atoms with Crippen LogP contribution in [0.4, 0.5) is 21.5 Å². The molecule has 0 saturated carbocycles. The Kier molecular flexibility index (Phi) is 3.28. The minimum atomic E-state index is -0.326. The van der Waals surface area contributed by atoms with E-state index in [-0.39, 0.29) is 5.82 Å². The van der Waals surface area contributed by atoms with Crippen molar-refractivity contribution in [3.8, 4) is 0 Å². The van der Waals surface area contributed by atoms with Gasteiger partial charge in [-0.1, -0.05) is 18.2 Å². The van der Waals surface area contributed by atoms with E-state index in [0.29, 0.717) is 21.4 Å². The molecule has 0 spiro atoms. The van der Waals surface area contributed by atoms with Crippen LogP contribution in [0.5, 0.6) is 0 Å². The predicted octanol–water partition coefficient (Wildman–Crippen LogP) is 4.46. The van der Waals surface area contributed by atoms with Gasteiger partial charge in [0.15, 0.2) is 0 Å². The van der Waals surface area contributed by atoms with Gasteiger partial charge in [-0.05, 0) is 40.2 Å². The van der Waals surface area contributed by atoms with Crippen LogP contribution in [-0.4, -0.2) is 4.98 Å². The van der Waals surface area contributed by atoms with Gasteiger partial charge < -0.3 is 11.1 Å². The molecule has 100 valence electrons. The first kappa shape index (κ1) is 12.9.